The first-order chi connectivity index (χ1) is 16.4. The van der Waals surface area contributed by atoms with Crippen LogP contribution in [0.15, 0.2) is 48.4 Å². The number of piperidine rings is 1. The maximum absolute atomic E-state index is 13.2. The molecule has 0 saturated carbocycles. The van der Waals surface area contributed by atoms with Crippen LogP contribution in [-0.4, -0.2) is 88.6 Å². The van der Waals surface area contributed by atoms with Crippen LogP contribution in [0.2, 0.25) is 0 Å². The van der Waals surface area contributed by atoms with Crippen LogP contribution < -0.4 is 4.90 Å². The fourth-order valence-corrected chi connectivity index (χ4v) is 5.51. The number of carbonyl (C=O) groups excluding carboxylic acids is 2. The van der Waals surface area contributed by atoms with Gasteiger partial charge in [0.25, 0.3) is 5.91 Å². The van der Waals surface area contributed by atoms with Crippen molar-refractivity contribution in [2.45, 2.75) is 24.2 Å². The first kappa shape index (κ1) is 25.9. The van der Waals surface area contributed by atoms with Crippen molar-refractivity contribution in [1.82, 2.24) is 9.21 Å². The molecule has 0 bridgehead atoms. The van der Waals surface area contributed by atoms with Crippen LogP contribution in [0.5, 0.6) is 0 Å². The summed E-state index contributed by atoms with van der Waals surface area (Å²) >= 11 is 0. The lowest BCUT2D eigenvalue weighted by Gasteiger charge is -2.31. The molecule has 2 aliphatic rings. The summed E-state index contributed by atoms with van der Waals surface area (Å²) in [7, 11) is -3.80. The Labute approximate surface area is 201 Å². The van der Waals surface area contributed by atoms with Crippen LogP contribution in [-0.2, 0) is 24.3 Å². The predicted molar refractivity (Wildman–Crippen MR) is 129 cm³/mol. The van der Waals surface area contributed by atoms with Gasteiger partial charge in [0.05, 0.1) is 29.4 Å². The monoisotopic (exact) mass is 491 g/mol. The van der Waals surface area contributed by atoms with Crippen molar-refractivity contribution in [2.24, 2.45) is 0 Å². The minimum absolute atomic E-state index is 0.0216. The molecule has 1 aromatic rings. The number of rotatable bonds is 10. The lowest BCUT2D eigenvalue weighted by molar-refractivity contribution is -0.133. The molecule has 2 heterocycles. The van der Waals surface area contributed by atoms with Gasteiger partial charge in [0.15, 0.2) is 6.61 Å². The summed E-state index contributed by atoms with van der Waals surface area (Å²) in [6.45, 7) is 10.1. The van der Waals surface area contributed by atoms with Gasteiger partial charge in [-0.1, -0.05) is 12.2 Å². The third-order valence-corrected chi connectivity index (χ3v) is 7.77. The average Bonchev–Trinajstić information content (AvgIpc) is 2.87. The highest BCUT2D eigenvalue weighted by atomic mass is 32.2. The first-order valence-corrected chi connectivity index (χ1v) is 13.0. The number of anilines is 1. The molecule has 186 valence electrons. The Morgan fingerprint density at radius 3 is 2.29 bits per heavy atom. The van der Waals surface area contributed by atoms with E-state index < -0.39 is 22.6 Å². The summed E-state index contributed by atoms with van der Waals surface area (Å²) in [5.41, 5.74) is 0.759. The second-order valence-electron chi connectivity index (χ2n) is 8.20. The van der Waals surface area contributed by atoms with Gasteiger partial charge in [-0.05, 0) is 37.5 Å². The summed E-state index contributed by atoms with van der Waals surface area (Å²) in [6.07, 6.45) is 6.24. The van der Waals surface area contributed by atoms with E-state index in [0.717, 1.165) is 32.4 Å². The quantitative estimate of drug-likeness (QED) is 0.365. The molecule has 10 heteroatoms. The molecule has 0 aliphatic carbocycles. The highest BCUT2D eigenvalue weighted by molar-refractivity contribution is 7.89. The van der Waals surface area contributed by atoms with E-state index in [1.54, 1.807) is 18.2 Å². The molecule has 0 N–H and O–H groups in total. The number of esters is 1. The Bertz CT molecular complexity index is 988. The van der Waals surface area contributed by atoms with E-state index in [1.165, 1.54) is 21.3 Å². The van der Waals surface area contributed by atoms with Crippen molar-refractivity contribution < 1.29 is 27.5 Å². The first-order valence-electron chi connectivity index (χ1n) is 11.5. The van der Waals surface area contributed by atoms with Crippen molar-refractivity contribution in [2.75, 3.05) is 64.0 Å². The van der Waals surface area contributed by atoms with E-state index in [9.17, 15) is 18.0 Å². The smallest absolute Gasteiger partial charge is 0.340 e. The molecular formula is C24H33N3O6S. The SMILES string of the molecule is C=CCN(CC=C)C(=O)COC(=O)c1cc(S(=O)(=O)N2CCOCC2)ccc1N1CCCCC1. The molecule has 0 unspecified atom stereocenters. The molecule has 2 fully saturated rings. The van der Waals surface area contributed by atoms with Crippen LogP contribution >= 0.6 is 0 Å². The second kappa shape index (κ2) is 12.1. The van der Waals surface area contributed by atoms with Crippen LogP contribution in [0.3, 0.4) is 0 Å². The summed E-state index contributed by atoms with van der Waals surface area (Å²) in [5, 5.41) is 0. The van der Waals surface area contributed by atoms with Gasteiger partial charge in [0.1, 0.15) is 0 Å². The van der Waals surface area contributed by atoms with Crippen LogP contribution in [0.25, 0.3) is 0 Å². The van der Waals surface area contributed by atoms with E-state index in [-0.39, 0.29) is 29.5 Å². The van der Waals surface area contributed by atoms with E-state index in [2.05, 4.69) is 18.1 Å². The zero-order valence-corrected chi connectivity index (χ0v) is 20.3. The summed E-state index contributed by atoms with van der Waals surface area (Å²) in [6, 6.07) is 4.57. The lowest BCUT2D eigenvalue weighted by Crippen LogP contribution is -2.40. The number of ether oxygens (including phenoxy) is 2. The van der Waals surface area contributed by atoms with E-state index in [1.807, 2.05) is 0 Å². The topological polar surface area (TPSA) is 96.5 Å². The molecule has 3 rings (SSSR count). The van der Waals surface area contributed by atoms with Gasteiger partial charge in [-0.2, -0.15) is 4.31 Å². The fraction of sp³-hybridized carbons (Fsp3) is 0.500. The largest absolute Gasteiger partial charge is 0.452 e. The van der Waals surface area contributed by atoms with Gasteiger partial charge in [0.2, 0.25) is 10.0 Å². The Balaban J connectivity index is 1.86. The second-order valence-corrected chi connectivity index (χ2v) is 10.1. The van der Waals surface area contributed by atoms with Gasteiger partial charge < -0.3 is 19.3 Å². The maximum atomic E-state index is 13.2. The molecule has 0 radical (unpaired) electrons. The number of hydrogen-bond acceptors (Lipinski definition) is 7. The molecule has 0 atom stereocenters. The Morgan fingerprint density at radius 1 is 1.03 bits per heavy atom. The van der Waals surface area contributed by atoms with E-state index in [0.29, 0.717) is 32.0 Å². The van der Waals surface area contributed by atoms with Gasteiger partial charge in [-0.3, -0.25) is 4.79 Å². The molecule has 0 spiro atoms. The fourth-order valence-electron chi connectivity index (χ4n) is 4.07. The third kappa shape index (κ3) is 6.25. The normalized spacial score (nSPS) is 17.1. The summed E-state index contributed by atoms with van der Waals surface area (Å²) < 4.78 is 38.3. The van der Waals surface area contributed by atoms with Gasteiger partial charge in [-0.25, -0.2) is 13.2 Å². The molecule has 2 saturated heterocycles. The highest BCUT2D eigenvalue weighted by Gasteiger charge is 2.29. The summed E-state index contributed by atoms with van der Waals surface area (Å²) in [4.78, 5) is 29.2. The lowest BCUT2D eigenvalue weighted by atomic mass is 10.1. The number of amides is 1. The Morgan fingerprint density at radius 2 is 1.68 bits per heavy atom. The molecule has 1 aromatic carbocycles. The molecule has 1 amide bonds. The van der Waals surface area contributed by atoms with Crippen LogP contribution in [0.1, 0.15) is 29.6 Å². The average molecular weight is 492 g/mol. The minimum atomic E-state index is -3.80. The highest BCUT2D eigenvalue weighted by Crippen LogP contribution is 2.29. The van der Waals surface area contributed by atoms with Gasteiger partial charge >= 0.3 is 5.97 Å². The molecule has 0 aromatic heterocycles. The minimum Gasteiger partial charge on any atom is -0.452 e. The molecule has 9 nitrogen and oxygen atoms in total. The van der Waals surface area contributed by atoms with E-state index >= 15 is 0 Å². The maximum Gasteiger partial charge on any atom is 0.340 e. The zero-order chi connectivity index (χ0) is 24.6. The summed E-state index contributed by atoms with van der Waals surface area (Å²) in [5.74, 6) is -1.12. The molecular weight excluding hydrogens is 458 g/mol. The zero-order valence-electron chi connectivity index (χ0n) is 19.5. The van der Waals surface area contributed by atoms with Crippen LogP contribution in [0.4, 0.5) is 5.69 Å². The number of benzene rings is 1. The molecule has 34 heavy (non-hydrogen) atoms. The van der Waals surface area contributed by atoms with Crippen molar-refractivity contribution in [3.05, 3.63) is 49.1 Å². The number of sulfonamides is 1. The Hall–Kier alpha value is -2.69. The van der Waals surface area contributed by atoms with E-state index in [4.69, 9.17) is 9.47 Å². The third-order valence-electron chi connectivity index (χ3n) is 5.87. The van der Waals surface area contributed by atoms with Crippen LogP contribution in [0, 0.1) is 0 Å². The van der Waals surface area contributed by atoms with Crippen molar-refractivity contribution in [3.63, 3.8) is 0 Å². The molecule has 2 aliphatic heterocycles. The van der Waals surface area contributed by atoms with Gasteiger partial charge in [-0.15, -0.1) is 13.2 Å². The number of carbonyl (C=O) groups is 2. The number of morpholine rings is 1. The predicted octanol–water partition coefficient (Wildman–Crippen LogP) is 2.06. The standard InChI is InChI=1S/C24H33N3O6S/c1-3-10-26(11-4-2)23(28)19-33-24(29)21-18-20(34(30,31)27-14-16-32-17-15-27)8-9-22(21)25-12-6-5-7-13-25/h3-4,8-9,18H,1-2,5-7,10-17,19H2. The number of nitrogens with zero attached hydrogens (tertiary/aromatic N) is 3. The van der Waals surface area contributed by atoms with Crippen molar-refractivity contribution in [3.8, 4) is 0 Å². The van der Waals surface area contributed by atoms with Crippen molar-refractivity contribution in [1.29, 1.82) is 0 Å². The Kier molecular flexibility index (Phi) is 9.26. The van der Waals surface area contributed by atoms with Crippen molar-refractivity contribution >= 4 is 27.6 Å². The number of hydrogen-bond donors (Lipinski definition) is 0. The van der Waals surface area contributed by atoms with Gasteiger partial charge in [0, 0.05) is 39.3 Å².